The molecule has 4 rings (SSSR count). The van der Waals surface area contributed by atoms with Gasteiger partial charge in [0.1, 0.15) is 17.3 Å². The minimum atomic E-state index is -0.867. The van der Waals surface area contributed by atoms with E-state index in [0.29, 0.717) is 24.2 Å². The highest BCUT2D eigenvalue weighted by molar-refractivity contribution is 6.34. The molecule has 158 valence electrons. The van der Waals surface area contributed by atoms with Crippen molar-refractivity contribution >= 4 is 40.3 Å². The summed E-state index contributed by atoms with van der Waals surface area (Å²) in [7, 11) is 0. The Hall–Kier alpha value is -3.52. The number of rotatable bonds is 5. The van der Waals surface area contributed by atoms with Gasteiger partial charge in [0.05, 0.1) is 22.0 Å². The van der Waals surface area contributed by atoms with Crippen LogP contribution in [0.15, 0.2) is 53.5 Å². The van der Waals surface area contributed by atoms with Crippen molar-refractivity contribution in [1.29, 1.82) is 5.41 Å². The molecule has 0 unspecified atom stereocenters. The van der Waals surface area contributed by atoms with Gasteiger partial charge in [0.25, 0.3) is 5.56 Å². The topological polar surface area (TPSA) is 89.1 Å². The maximum atomic E-state index is 14.1. The van der Waals surface area contributed by atoms with Gasteiger partial charge >= 0.3 is 0 Å². The van der Waals surface area contributed by atoms with Gasteiger partial charge in [-0.15, -0.1) is 0 Å². The number of aromatic amines is 1. The van der Waals surface area contributed by atoms with Crippen LogP contribution in [0.5, 0.6) is 0 Å². The van der Waals surface area contributed by atoms with E-state index in [-0.39, 0.29) is 27.9 Å². The molecule has 3 N–H and O–H groups in total. The molecule has 0 radical (unpaired) electrons. The lowest BCUT2D eigenvalue weighted by Crippen LogP contribution is -2.24. The quantitative estimate of drug-likeness (QED) is 0.505. The first-order valence-corrected chi connectivity index (χ1v) is 9.86. The zero-order valence-corrected chi connectivity index (χ0v) is 16.9. The van der Waals surface area contributed by atoms with Gasteiger partial charge in [-0.3, -0.25) is 15.0 Å². The van der Waals surface area contributed by atoms with Crippen LogP contribution in [-0.2, 0) is 4.79 Å². The van der Waals surface area contributed by atoms with E-state index in [9.17, 15) is 18.4 Å². The average Bonchev–Trinajstić information content (AvgIpc) is 3.18. The fraction of sp³-hybridized carbons (Fsp3) is 0.136. The standard InChI is InChI=1S/C22H17ClF2N4O2/c23-14-11-27-22(31)18(20(14)28-21-15(24)3-1-4-16(21)25)19(26)12-6-8-13(9-7-12)29-10-2-5-17(29)30/h1,3-4,6-9,11,26H,2,5,10H2,(H2,27,28,31). The van der Waals surface area contributed by atoms with Gasteiger partial charge in [0.15, 0.2) is 0 Å². The highest BCUT2D eigenvalue weighted by Crippen LogP contribution is 2.31. The molecule has 0 spiro atoms. The maximum absolute atomic E-state index is 14.1. The lowest BCUT2D eigenvalue weighted by Gasteiger charge is -2.17. The Balaban J connectivity index is 1.72. The molecule has 0 saturated carbocycles. The van der Waals surface area contributed by atoms with Crippen molar-refractivity contribution in [2.24, 2.45) is 0 Å². The van der Waals surface area contributed by atoms with Gasteiger partial charge in [0, 0.05) is 30.4 Å². The highest BCUT2D eigenvalue weighted by atomic mass is 35.5. The smallest absolute Gasteiger partial charge is 0.259 e. The van der Waals surface area contributed by atoms with Crippen molar-refractivity contribution in [1.82, 2.24) is 4.98 Å². The van der Waals surface area contributed by atoms with Gasteiger partial charge in [-0.25, -0.2) is 8.78 Å². The van der Waals surface area contributed by atoms with Crippen LogP contribution in [0.25, 0.3) is 0 Å². The molecule has 1 aliphatic rings. The van der Waals surface area contributed by atoms with Gasteiger partial charge in [-0.05, 0) is 30.7 Å². The number of pyridine rings is 1. The molecule has 0 aliphatic carbocycles. The van der Waals surface area contributed by atoms with E-state index < -0.39 is 22.9 Å². The van der Waals surface area contributed by atoms with E-state index in [0.717, 1.165) is 18.6 Å². The summed E-state index contributed by atoms with van der Waals surface area (Å²) in [5.74, 6) is -1.70. The number of carbonyl (C=O) groups is 1. The molecule has 1 aromatic heterocycles. The van der Waals surface area contributed by atoms with Crippen molar-refractivity contribution < 1.29 is 13.6 Å². The third-order valence-electron chi connectivity index (χ3n) is 5.05. The first kappa shape index (κ1) is 20.7. The zero-order chi connectivity index (χ0) is 22.1. The molecular formula is C22H17ClF2N4O2. The van der Waals surface area contributed by atoms with Crippen LogP contribution >= 0.6 is 11.6 Å². The molecule has 3 aromatic rings. The van der Waals surface area contributed by atoms with E-state index in [1.807, 2.05) is 0 Å². The number of anilines is 3. The molecule has 2 aromatic carbocycles. The molecule has 31 heavy (non-hydrogen) atoms. The highest BCUT2D eigenvalue weighted by Gasteiger charge is 2.23. The van der Waals surface area contributed by atoms with Crippen LogP contribution < -0.4 is 15.8 Å². The third-order valence-corrected chi connectivity index (χ3v) is 5.35. The van der Waals surface area contributed by atoms with Gasteiger partial charge in [0.2, 0.25) is 5.91 Å². The first-order chi connectivity index (χ1) is 14.9. The van der Waals surface area contributed by atoms with Crippen molar-refractivity contribution in [2.45, 2.75) is 12.8 Å². The Kier molecular flexibility index (Phi) is 5.56. The van der Waals surface area contributed by atoms with E-state index >= 15 is 0 Å². The summed E-state index contributed by atoms with van der Waals surface area (Å²) < 4.78 is 28.3. The van der Waals surface area contributed by atoms with Crippen molar-refractivity contribution in [3.63, 3.8) is 0 Å². The summed E-state index contributed by atoms with van der Waals surface area (Å²) in [6.45, 7) is 0.631. The Labute approximate surface area is 181 Å². The molecule has 0 bridgehead atoms. The molecular weight excluding hydrogens is 426 g/mol. The average molecular weight is 443 g/mol. The number of amides is 1. The van der Waals surface area contributed by atoms with Crippen LogP contribution in [0.4, 0.5) is 25.8 Å². The lowest BCUT2D eigenvalue weighted by atomic mass is 10.0. The Bertz CT molecular complexity index is 1220. The Morgan fingerprint density at radius 1 is 1.06 bits per heavy atom. The first-order valence-electron chi connectivity index (χ1n) is 9.48. The number of carbonyl (C=O) groups excluding carboxylic acids is 1. The largest absolute Gasteiger partial charge is 0.349 e. The number of nitrogens with zero attached hydrogens (tertiary/aromatic N) is 1. The van der Waals surface area contributed by atoms with Gasteiger partial charge < -0.3 is 15.2 Å². The number of hydrogen-bond acceptors (Lipinski definition) is 4. The molecule has 2 heterocycles. The normalized spacial score (nSPS) is 13.5. The third kappa shape index (κ3) is 3.94. The number of aromatic nitrogens is 1. The number of benzene rings is 2. The van der Waals surface area contributed by atoms with Crippen molar-refractivity contribution in [2.75, 3.05) is 16.8 Å². The molecule has 9 heteroatoms. The fourth-order valence-electron chi connectivity index (χ4n) is 3.48. The summed E-state index contributed by atoms with van der Waals surface area (Å²) in [6.07, 6.45) is 2.47. The molecule has 0 atom stereocenters. The van der Waals surface area contributed by atoms with Crippen LogP contribution in [0.3, 0.4) is 0 Å². The molecule has 1 saturated heterocycles. The minimum Gasteiger partial charge on any atom is -0.349 e. The Morgan fingerprint density at radius 2 is 1.74 bits per heavy atom. The number of nitrogens with one attached hydrogen (secondary N) is 3. The van der Waals surface area contributed by atoms with E-state index in [1.54, 1.807) is 29.2 Å². The molecule has 6 nitrogen and oxygen atoms in total. The van der Waals surface area contributed by atoms with Crippen molar-refractivity contribution in [3.8, 4) is 0 Å². The SMILES string of the molecule is N=C(c1ccc(N2CCCC2=O)cc1)c1c(Nc2c(F)cccc2F)c(Cl)c[nH]c1=O. The minimum absolute atomic E-state index is 0.0127. The second kappa shape index (κ2) is 8.31. The second-order valence-corrected chi connectivity index (χ2v) is 7.42. The summed E-state index contributed by atoms with van der Waals surface area (Å²) >= 11 is 6.20. The predicted molar refractivity (Wildman–Crippen MR) is 116 cm³/mol. The molecule has 1 aliphatic heterocycles. The number of hydrogen-bond donors (Lipinski definition) is 3. The van der Waals surface area contributed by atoms with Crippen LogP contribution in [-0.4, -0.2) is 23.1 Å². The predicted octanol–water partition coefficient (Wildman–Crippen LogP) is 4.59. The summed E-state index contributed by atoms with van der Waals surface area (Å²) in [4.78, 5) is 28.6. The lowest BCUT2D eigenvalue weighted by molar-refractivity contribution is -0.117. The number of H-pyrrole nitrogens is 1. The summed E-state index contributed by atoms with van der Waals surface area (Å²) in [5, 5.41) is 11.1. The summed E-state index contributed by atoms with van der Waals surface area (Å²) in [5.41, 5.74) is -0.494. The van der Waals surface area contributed by atoms with Crippen LogP contribution in [0, 0.1) is 17.0 Å². The monoisotopic (exact) mass is 442 g/mol. The molecule has 1 fully saturated rings. The number of halogens is 3. The van der Waals surface area contributed by atoms with Crippen LogP contribution in [0.1, 0.15) is 24.0 Å². The maximum Gasteiger partial charge on any atom is 0.259 e. The van der Waals surface area contributed by atoms with E-state index in [4.69, 9.17) is 17.0 Å². The van der Waals surface area contributed by atoms with Gasteiger partial charge in [-0.2, -0.15) is 0 Å². The summed E-state index contributed by atoms with van der Waals surface area (Å²) in [6, 6.07) is 9.94. The van der Waals surface area contributed by atoms with E-state index in [2.05, 4.69) is 10.3 Å². The van der Waals surface area contributed by atoms with Crippen molar-refractivity contribution in [3.05, 3.63) is 86.8 Å². The van der Waals surface area contributed by atoms with E-state index in [1.165, 1.54) is 12.3 Å². The van der Waals surface area contributed by atoms with Crippen LogP contribution in [0.2, 0.25) is 5.02 Å². The second-order valence-electron chi connectivity index (χ2n) is 7.01. The Morgan fingerprint density at radius 3 is 2.35 bits per heavy atom. The fourth-order valence-corrected chi connectivity index (χ4v) is 3.68. The zero-order valence-electron chi connectivity index (χ0n) is 16.1. The van der Waals surface area contributed by atoms with Gasteiger partial charge in [-0.1, -0.05) is 29.8 Å². The number of para-hydroxylation sites is 1. The molecule has 1 amide bonds.